The van der Waals surface area contributed by atoms with Gasteiger partial charge in [-0.25, -0.2) is 9.59 Å². The molecule has 4 rings (SSSR count). The molecule has 1 aromatic rings. The van der Waals surface area contributed by atoms with Gasteiger partial charge in [-0.3, -0.25) is 14.5 Å². The van der Waals surface area contributed by atoms with Crippen molar-refractivity contribution >= 4 is 23.9 Å². The lowest BCUT2D eigenvalue weighted by Crippen LogP contribution is -2.48. The lowest BCUT2D eigenvalue weighted by molar-refractivity contribution is -0.175. The second kappa shape index (κ2) is 7.41. The molecule has 0 aromatic heterocycles. The largest absolute Gasteiger partial charge is 0.444 e. The lowest BCUT2D eigenvalue weighted by atomic mass is 9.78. The minimum absolute atomic E-state index is 0.0750. The first-order valence-corrected chi connectivity index (χ1v) is 10.4. The number of nitrogens with zero attached hydrogens (tertiary/aromatic N) is 2. The molecule has 3 atom stereocenters. The Bertz CT molecular complexity index is 870. The third-order valence-electron chi connectivity index (χ3n) is 5.95. The predicted octanol–water partition coefficient (Wildman–Crippen LogP) is 3.17. The van der Waals surface area contributed by atoms with Gasteiger partial charge in [0.15, 0.2) is 0 Å². The van der Waals surface area contributed by atoms with Gasteiger partial charge in [0, 0.05) is 6.54 Å². The van der Waals surface area contributed by atoms with E-state index in [0.29, 0.717) is 11.6 Å². The summed E-state index contributed by atoms with van der Waals surface area (Å²) in [5.41, 5.74) is -0.315. The number of amides is 3. The summed E-state index contributed by atoms with van der Waals surface area (Å²) < 4.78 is 5.50. The van der Waals surface area contributed by atoms with E-state index in [0.717, 1.165) is 25.7 Å². The summed E-state index contributed by atoms with van der Waals surface area (Å²) in [7, 11) is 0. The lowest BCUT2D eigenvalue weighted by Gasteiger charge is -2.30. The normalized spacial score (nSPS) is 25.8. The highest BCUT2D eigenvalue weighted by atomic mass is 16.7. The number of hydrogen-bond donors (Lipinski definition) is 0. The van der Waals surface area contributed by atoms with Gasteiger partial charge in [-0.05, 0) is 57.6 Å². The van der Waals surface area contributed by atoms with Crippen LogP contribution in [0.4, 0.5) is 4.79 Å². The van der Waals surface area contributed by atoms with Crippen LogP contribution in [0.15, 0.2) is 24.3 Å². The van der Waals surface area contributed by atoms with Crippen LogP contribution in [-0.2, 0) is 14.4 Å². The summed E-state index contributed by atoms with van der Waals surface area (Å²) in [5.74, 6) is -2.03. The van der Waals surface area contributed by atoms with Crippen LogP contribution in [0.2, 0.25) is 0 Å². The first-order chi connectivity index (χ1) is 14.2. The highest BCUT2D eigenvalue weighted by molar-refractivity contribution is 6.20. The van der Waals surface area contributed by atoms with Crippen LogP contribution in [0.3, 0.4) is 0 Å². The van der Waals surface area contributed by atoms with Crippen LogP contribution < -0.4 is 0 Å². The van der Waals surface area contributed by atoms with E-state index < -0.39 is 35.5 Å². The predicted molar refractivity (Wildman–Crippen MR) is 105 cm³/mol. The van der Waals surface area contributed by atoms with Gasteiger partial charge in [-0.1, -0.05) is 30.0 Å². The Balaban J connectivity index is 1.56. The van der Waals surface area contributed by atoms with Crippen LogP contribution in [0, 0.1) is 11.8 Å². The minimum Gasteiger partial charge on any atom is -0.444 e. The molecule has 0 radical (unpaired) electrons. The van der Waals surface area contributed by atoms with E-state index >= 15 is 0 Å². The average molecular weight is 414 g/mol. The zero-order valence-corrected chi connectivity index (χ0v) is 17.4. The third kappa shape index (κ3) is 3.55. The number of imide groups is 1. The first-order valence-electron chi connectivity index (χ1n) is 10.4. The van der Waals surface area contributed by atoms with E-state index in [-0.39, 0.29) is 23.0 Å². The Morgan fingerprint density at radius 2 is 1.60 bits per heavy atom. The highest BCUT2D eigenvalue weighted by Gasteiger charge is 2.52. The molecule has 1 aromatic carbocycles. The van der Waals surface area contributed by atoms with Crippen molar-refractivity contribution in [2.75, 3.05) is 6.54 Å². The molecule has 0 N–H and O–H groups in total. The van der Waals surface area contributed by atoms with Crippen molar-refractivity contribution in [1.82, 2.24) is 9.96 Å². The molecule has 0 spiro atoms. The zero-order chi connectivity index (χ0) is 21.6. The van der Waals surface area contributed by atoms with E-state index in [1.54, 1.807) is 32.9 Å². The molecule has 2 fully saturated rings. The van der Waals surface area contributed by atoms with Crippen molar-refractivity contribution in [3.8, 4) is 0 Å². The fourth-order valence-corrected chi connectivity index (χ4v) is 4.68. The monoisotopic (exact) mass is 414 g/mol. The molecular formula is C22H26N2O6. The molecule has 1 saturated carbocycles. The third-order valence-corrected chi connectivity index (χ3v) is 5.95. The van der Waals surface area contributed by atoms with Gasteiger partial charge >= 0.3 is 12.1 Å². The van der Waals surface area contributed by atoms with E-state index in [2.05, 4.69) is 0 Å². The van der Waals surface area contributed by atoms with Crippen LogP contribution in [0.1, 0.15) is 67.2 Å². The molecule has 1 aliphatic carbocycles. The van der Waals surface area contributed by atoms with Crippen molar-refractivity contribution in [3.05, 3.63) is 35.4 Å². The Labute approximate surface area is 175 Å². The van der Waals surface area contributed by atoms with Crippen LogP contribution in [0.25, 0.3) is 0 Å². The number of rotatable bonds is 2. The molecule has 8 nitrogen and oxygen atoms in total. The molecule has 0 bridgehead atoms. The fraction of sp³-hybridized carbons (Fsp3) is 0.545. The van der Waals surface area contributed by atoms with Crippen molar-refractivity contribution < 1.29 is 28.8 Å². The molecule has 2 aliphatic heterocycles. The Morgan fingerprint density at radius 3 is 2.20 bits per heavy atom. The maximum atomic E-state index is 13.2. The maximum Gasteiger partial charge on any atom is 0.411 e. The molecular weight excluding hydrogens is 388 g/mol. The van der Waals surface area contributed by atoms with Gasteiger partial charge in [0.1, 0.15) is 11.6 Å². The van der Waals surface area contributed by atoms with Gasteiger partial charge in [-0.15, -0.1) is 0 Å². The molecule has 8 heteroatoms. The number of hydroxylamine groups is 2. The smallest absolute Gasteiger partial charge is 0.411 e. The van der Waals surface area contributed by atoms with E-state index in [1.807, 2.05) is 0 Å². The molecule has 1 unspecified atom stereocenters. The summed E-state index contributed by atoms with van der Waals surface area (Å²) in [6.07, 6.45) is 3.12. The van der Waals surface area contributed by atoms with Gasteiger partial charge in [0.2, 0.25) is 0 Å². The number of carbonyl (C=O) groups excluding carboxylic acids is 4. The standard InChI is InChI=1S/C22H26N2O6/c1-22(2,3)29-21(28)23-12-13-8-4-5-9-14(13)17(23)20(27)30-24-18(25)15-10-6-7-11-16(15)19(24)26/h6-7,10-11,13-14,17H,4-5,8-9,12H2,1-3H3/t13-,14-,17?/m0/s1. The van der Waals surface area contributed by atoms with Crippen molar-refractivity contribution in [2.24, 2.45) is 11.8 Å². The van der Waals surface area contributed by atoms with Crippen LogP contribution in [0.5, 0.6) is 0 Å². The molecule has 30 heavy (non-hydrogen) atoms. The van der Waals surface area contributed by atoms with Gasteiger partial charge < -0.3 is 9.57 Å². The van der Waals surface area contributed by atoms with E-state index in [4.69, 9.17) is 9.57 Å². The number of ether oxygens (including phenoxy) is 1. The molecule has 3 amide bonds. The summed E-state index contributed by atoms with van der Waals surface area (Å²) in [4.78, 5) is 57.8. The fourth-order valence-electron chi connectivity index (χ4n) is 4.68. The van der Waals surface area contributed by atoms with E-state index in [9.17, 15) is 19.2 Å². The number of likely N-dealkylation sites (tertiary alicyclic amines) is 1. The SMILES string of the molecule is CC(C)(C)OC(=O)N1C[C@@H]2CCCC[C@@H]2C1C(=O)ON1C(=O)c2ccccc2C1=O. The highest BCUT2D eigenvalue weighted by Crippen LogP contribution is 2.41. The Morgan fingerprint density at radius 1 is 1.00 bits per heavy atom. The second-order valence-electron chi connectivity index (χ2n) is 9.15. The Kier molecular flexibility index (Phi) is 5.03. The van der Waals surface area contributed by atoms with Crippen LogP contribution >= 0.6 is 0 Å². The maximum absolute atomic E-state index is 13.2. The zero-order valence-electron chi connectivity index (χ0n) is 17.4. The summed E-state index contributed by atoms with van der Waals surface area (Å²) in [6.45, 7) is 5.70. The van der Waals surface area contributed by atoms with Crippen molar-refractivity contribution in [3.63, 3.8) is 0 Å². The number of benzene rings is 1. The van der Waals surface area contributed by atoms with Gasteiger partial charge in [0.05, 0.1) is 11.1 Å². The molecule has 3 aliphatic rings. The molecule has 160 valence electrons. The number of carbonyl (C=O) groups is 4. The summed E-state index contributed by atoms with van der Waals surface area (Å²) >= 11 is 0. The van der Waals surface area contributed by atoms with Crippen molar-refractivity contribution in [2.45, 2.75) is 58.1 Å². The number of hydrogen-bond acceptors (Lipinski definition) is 6. The minimum atomic E-state index is -0.880. The number of fused-ring (bicyclic) bond motifs is 2. The summed E-state index contributed by atoms with van der Waals surface area (Å²) in [6, 6.07) is 5.44. The van der Waals surface area contributed by atoms with Gasteiger partial charge in [-0.2, -0.15) is 0 Å². The first kappa shape index (κ1) is 20.4. The second-order valence-corrected chi connectivity index (χ2v) is 9.15. The molecule has 1 saturated heterocycles. The van der Waals surface area contributed by atoms with Crippen molar-refractivity contribution in [1.29, 1.82) is 0 Å². The van der Waals surface area contributed by atoms with E-state index in [1.165, 1.54) is 17.0 Å². The average Bonchev–Trinajstić information content (AvgIpc) is 3.19. The molecule has 2 heterocycles. The van der Waals surface area contributed by atoms with Crippen LogP contribution in [-0.4, -0.2) is 52.0 Å². The van der Waals surface area contributed by atoms with Gasteiger partial charge in [0.25, 0.3) is 11.8 Å². The quantitative estimate of drug-likeness (QED) is 0.690. The topological polar surface area (TPSA) is 93.2 Å². The summed E-state index contributed by atoms with van der Waals surface area (Å²) in [5, 5.41) is 0.510. The Hall–Kier alpha value is -2.90.